The minimum absolute atomic E-state index is 0.0214. The molecule has 3 rings (SSSR count). The quantitative estimate of drug-likeness (QED) is 0.576. The molecule has 1 aromatic carbocycles. The summed E-state index contributed by atoms with van der Waals surface area (Å²) in [5, 5.41) is 17.2. The van der Waals surface area contributed by atoms with Gasteiger partial charge in [-0.25, -0.2) is 0 Å². The van der Waals surface area contributed by atoms with Crippen LogP contribution in [0.5, 0.6) is 0 Å². The highest BCUT2D eigenvalue weighted by molar-refractivity contribution is 7.41. The summed E-state index contributed by atoms with van der Waals surface area (Å²) in [7, 11) is 6.43. The maximum Gasteiger partial charge on any atom is 0.323 e. The number of aryl methyl sites for hydroxylation is 1. The average Bonchev–Trinajstić information content (AvgIpc) is 2.92. The molecule has 1 atom stereocenters. The molecule has 0 fully saturated rings. The average molecular weight is 415 g/mol. The van der Waals surface area contributed by atoms with E-state index in [1.165, 1.54) is 16.7 Å². The van der Waals surface area contributed by atoms with Crippen LogP contribution in [0, 0.1) is 13.8 Å². The van der Waals surface area contributed by atoms with Crippen LogP contribution in [-0.2, 0) is 4.79 Å². The van der Waals surface area contributed by atoms with Crippen LogP contribution in [0.3, 0.4) is 0 Å². The third-order valence-corrected chi connectivity index (χ3v) is 6.16. The van der Waals surface area contributed by atoms with E-state index in [1.807, 2.05) is 6.07 Å². The first kappa shape index (κ1) is 21.2. The summed E-state index contributed by atoms with van der Waals surface area (Å²) in [5.74, 6) is 0.223. The third kappa shape index (κ3) is 4.74. The molecule has 1 aromatic heterocycles. The number of nitrogens with zero attached hydrogens (tertiary/aromatic N) is 3. The van der Waals surface area contributed by atoms with E-state index in [1.54, 1.807) is 11.9 Å². The van der Waals surface area contributed by atoms with E-state index in [0.29, 0.717) is 8.73 Å². The maximum absolute atomic E-state index is 11.0. The molecule has 2 aromatic rings. The van der Waals surface area contributed by atoms with Crippen molar-refractivity contribution in [3.05, 3.63) is 47.0 Å². The van der Waals surface area contributed by atoms with E-state index >= 15 is 0 Å². The highest BCUT2D eigenvalue weighted by Crippen LogP contribution is 2.33. The van der Waals surface area contributed by atoms with Crippen molar-refractivity contribution in [2.24, 2.45) is 0 Å². The Morgan fingerprint density at radius 3 is 2.62 bits per heavy atom. The van der Waals surface area contributed by atoms with Gasteiger partial charge in [0.15, 0.2) is 0 Å². The summed E-state index contributed by atoms with van der Waals surface area (Å²) in [6.45, 7) is 6.14. The highest BCUT2D eigenvalue weighted by Gasteiger charge is 2.17. The molecule has 8 heteroatoms. The number of carboxylic acid groups (broad SMARTS) is 1. The molecule has 0 bridgehead atoms. The molecule has 0 saturated heterocycles. The lowest BCUT2D eigenvalue weighted by Crippen LogP contribution is -2.26. The number of nitrogens with one attached hydrogen (secondary N) is 2. The minimum atomic E-state index is -0.836. The van der Waals surface area contributed by atoms with Gasteiger partial charge in [-0.2, -0.15) is 0 Å². The molecule has 0 saturated carbocycles. The Labute approximate surface area is 173 Å². The monoisotopic (exact) mass is 415 g/mol. The standard InChI is InChI=1S/C21H30N5O2P/c1-14-15(2)26(19-8-9-20(29-23-19)22-10-11-24(3)4)18-7-6-16(12-17(14)18)25(5)13-21(27)28/h6-9,12,22-23,29H,10-11,13H2,1-5H3,(H,27,28). The number of fused-ring (bicyclic) bond motifs is 1. The van der Waals surface area contributed by atoms with Crippen molar-refractivity contribution in [2.45, 2.75) is 13.8 Å². The molecule has 0 aliphatic carbocycles. The number of allylic oxidation sites excluding steroid dienone is 2. The van der Waals surface area contributed by atoms with E-state index < -0.39 is 5.97 Å². The van der Waals surface area contributed by atoms with Gasteiger partial charge in [0.25, 0.3) is 0 Å². The van der Waals surface area contributed by atoms with Gasteiger partial charge in [0.2, 0.25) is 0 Å². The van der Waals surface area contributed by atoms with Gasteiger partial charge >= 0.3 is 5.97 Å². The van der Waals surface area contributed by atoms with Gasteiger partial charge in [0.1, 0.15) is 12.4 Å². The molecule has 1 aliphatic heterocycles. The first-order chi connectivity index (χ1) is 13.8. The zero-order valence-corrected chi connectivity index (χ0v) is 18.7. The highest BCUT2D eigenvalue weighted by atomic mass is 31.1. The molecule has 0 spiro atoms. The fraction of sp³-hybridized carbons (Fsp3) is 0.381. The predicted molar refractivity (Wildman–Crippen MR) is 123 cm³/mol. The number of carboxylic acids is 1. The van der Waals surface area contributed by atoms with Crippen molar-refractivity contribution in [3.8, 4) is 0 Å². The van der Waals surface area contributed by atoms with Gasteiger partial charge in [-0.3, -0.25) is 9.36 Å². The summed E-state index contributed by atoms with van der Waals surface area (Å²) < 4.78 is 2.24. The summed E-state index contributed by atoms with van der Waals surface area (Å²) in [5.41, 5.74) is 5.61. The Hall–Kier alpha value is -2.50. The van der Waals surface area contributed by atoms with Crippen molar-refractivity contribution in [1.29, 1.82) is 0 Å². The number of likely N-dealkylation sites (N-methyl/N-ethyl adjacent to an activating group) is 2. The van der Waals surface area contributed by atoms with Crippen molar-refractivity contribution in [3.63, 3.8) is 0 Å². The van der Waals surface area contributed by atoms with Crippen molar-refractivity contribution < 1.29 is 9.90 Å². The number of aromatic nitrogens is 1. The van der Waals surface area contributed by atoms with Gasteiger partial charge in [-0.05, 0) is 63.9 Å². The summed E-state index contributed by atoms with van der Waals surface area (Å²) in [6.07, 6.45) is 4.26. The van der Waals surface area contributed by atoms with Gasteiger partial charge in [-0.1, -0.05) is 0 Å². The van der Waals surface area contributed by atoms with Crippen LogP contribution in [0.4, 0.5) is 5.69 Å². The Kier molecular flexibility index (Phi) is 6.50. The molecule has 3 N–H and O–H groups in total. The Morgan fingerprint density at radius 2 is 2.00 bits per heavy atom. The number of anilines is 1. The fourth-order valence-corrected chi connectivity index (χ4v) is 4.27. The lowest BCUT2D eigenvalue weighted by molar-refractivity contribution is -0.135. The number of aliphatic carboxylic acids is 1. The van der Waals surface area contributed by atoms with Crippen LogP contribution in [0.25, 0.3) is 16.7 Å². The van der Waals surface area contributed by atoms with Gasteiger partial charge in [-0.15, -0.1) is 0 Å². The predicted octanol–water partition coefficient (Wildman–Crippen LogP) is 2.77. The maximum atomic E-state index is 11.0. The Morgan fingerprint density at radius 1 is 1.24 bits per heavy atom. The molecule has 1 aliphatic rings. The molecular weight excluding hydrogens is 385 g/mol. The van der Waals surface area contributed by atoms with Crippen LogP contribution in [-0.4, -0.2) is 61.3 Å². The van der Waals surface area contributed by atoms with Crippen LogP contribution < -0.4 is 15.3 Å². The number of hydrogen-bond acceptors (Lipinski definition) is 5. The Bertz CT molecular complexity index is 977. The van der Waals surface area contributed by atoms with Crippen LogP contribution in [0.2, 0.25) is 0 Å². The van der Waals surface area contributed by atoms with Crippen molar-refractivity contribution in [2.75, 3.05) is 45.7 Å². The van der Waals surface area contributed by atoms with Crippen LogP contribution >= 0.6 is 8.73 Å². The zero-order chi connectivity index (χ0) is 21.1. The molecule has 29 heavy (non-hydrogen) atoms. The van der Waals surface area contributed by atoms with E-state index in [2.05, 4.69) is 72.1 Å². The molecule has 0 radical (unpaired) electrons. The smallest absolute Gasteiger partial charge is 0.323 e. The van der Waals surface area contributed by atoms with Crippen molar-refractivity contribution >= 4 is 37.1 Å². The van der Waals surface area contributed by atoms with Gasteiger partial charge in [0.05, 0.1) is 11.0 Å². The second-order valence-corrected chi connectivity index (χ2v) is 8.65. The molecule has 156 valence electrons. The van der Waals surface area contributed by atoms with E-state index in [0.717, 1.165) is 35.5 Å². The van der Waals surface area contributed by atoms with Crippen LogP contribution in [0.15, 0.2) is 35.8 Å². The second kappa shape index (κ2) is 8.89. The molecule has 1 unspecified atom stereocenters. The molecule has 0 amide bonds. The molecule has 7 nitrogen and oxygen atoms in total. The second-order valence-electron chi connectivity index (χ2n) is 7.61. The van der Waals surface area contributed by atoms with Gasteiger partial charge in [0, 0.05) is 45.6 Å². The normalized spacial score (nSPS) is 14.7. The van der Waals surface area contributed by atoms with E-state index in [-0.39, 0.29) is 6.54 Å². The van der Waals surface area contributed by atoms with Gasteiger partial charge < -0.3 is 25.3 Å². The summed E-state index contributed by atoms with van der Waals surface area (Å²) in [4.78, 5) is 14.9. The largest absolute Gasteiger partial charge is 0.480 e. The molecule has 2 heterocycles. The lowest BCUT2D eigenvalue weighted by Gasteiger charge is -2.22. The summed E-state index contributed by atoms with van der Waals surface area (Å²) >= 11 is 0. The SMILES string of the molecule is Cc1c(C)n(C2=CC=C(NCCN(C)C)PN2)c2ccc(N(C)CC(=O)O)cc12. The first-order valence-electron chi connectivity index (χ1n) is 9.65. The number of rotatable bonds is 8. The first-order valence-corrected chi connectivity index (χ1v) is 10.7. The minimum Gasteiger partial charge on any atom is -0.480 e. The number of carbonyl (C=O) groups is 1. The molecular formula is C21H30N5O2P. The lowest BCUT2D eigenvalue weighted by atomic mass is 10.1. The van der Waals surface area contributed by atoms with E-state index in [4.69, 9.17) is 5.11 Å². The van der Waals surface area contributed by atoms with Crippen molar-refractivity contribution in [1.82, 2.24) is 19.9 Å². The zero-order valence-electron chi connectivity index (χ0n) is 17.7. The van der Waals surface area contributed by atoms with E-state index in [9.17, 15) is 4.79 Å². The third-order valence-electron chi connectivity index (χ3n) is 5.16. The van der Waals surface area contributed by atoms with Crippen LogP contribution in [0.1, 0.15) is 11.3 Å². The Balaban J connectivity index is 1.88. The summed E-state index contributed by atoms with van der Waals surface area (Å²) in [6, 6.07) is 6.13. The fourth-order valence-electron chi connectivity index (χ4n) is 3.43. The number of benzene rings is 1. The number of hydrogen-bond donors (Lipinski definition) is 3. The topological polar surface area (TPSA) is 72.8 Å².